The standard InChI is InChI=1S/C18H12Cl2FN3O6/c19-8-14(25)22-18(16(27)28,17(29)30)24-23-13-6-5-9(20)7-11(13)15(26)10-3-1-2-4-12(10)21/h1-7H,8H2,(H,22,25)(H,27,28)(H,29,30). The number of carboxylic acids is 2. The van der Waals surface area contributed by atoms with E-state index in [4.69, 9.17) is 23.2 Å². The minimum atomic E-state index is -3.20. The van der Waals surface area contributed by atoms with Crippen LogP contribution in [0.15, 0.2) is 52.7 Å². The first kappa shape index (κ1) is 22.9. The summed E-state index contributed by atoms with van der Waals surface area (Å²) in [5.74, 6) is -7.69. The van der Waals surface area contributed by atoms with Crippen molar-refractivity contribution in [3.63, 3.8) is 0 Å². The summed E-state index contributed by atoms with van der Waals surface area (Å²) in [5, 5.41) is 27.1. The number of alkyl halides is 1. The Morgan fingerprint density at radius 2 is 1.67 bits per heavy atom. The van der Waals surface area contributed by atoms with Gasteiger partial charge in [-0.05, 0) is 30.3 Å². The van der Waals surface area contributed by atoms with Crippen LogP contribution < -0.4 is 5.32 Å². The van der Waals surface area contributed by atoms with Gasteiger partial charge in [-0.3, -0.25) is 9.59 Å². The predicted molar refractivity (Wildman–Crippen MR) is 103 cm³/mol. The average Bonchev–Trinajstić information content (AvgIpc) is 2.70. The van der Waals surface area contributed by atoms with Crippen molar-refractivity contribution in [3.8, 4) is 0 Å². The number of carboxylic acid groups (broad SMARTS) is 2. The zero-order chi connectivity index (χ0) is 22.5. The molecule has 0 heterocycles. The number of aliphatic carboxylic acids is 2. The third kappa shape index (κ3) is 4.78. The van der Waals surface area contributed by atoms with Crippen molar-refractivity contribution in [1.29, 1.82) is 0 Å². The van der Waals surface area contributed by atoms with Gasteiger partial charge in [-0.15, -0.1) is 16.7 Å². The van der Waals surface area contributed by atoms with Gasteiger partial charge in [0.1, 0.15) is 11.7 Å². The van der Waals surface area contributed by atoms with Crippen LogP contribution in [0.25, 0.3) is 0 Å². The summed E-state index contributed by atoms with van der Waals surface area (Å²) < 4.78 is 14.0. The first-order chi connectivity index (χ1) is 14.1. The van der Waals surface area contributed by atoms with Crippen LogP contribution >= 0.6 is 23.2 Å². The van der Waals surface area contributed by atoms with Gasteiger partial charge in [-0.25, -0.2) is 14.0 Å². The number of amides is 1. The fourth-order valence-electron chi connectivity index (χ4n) is 2.24. The van der Waals surface area contributed by atoms with Gasteiger partial charge in [0.25, 0.3) is 0 Å². The second kappa shape index (κ2) is 9.42. The second-order valence-electron chi connectivity index (χ2n) is 5.67. The number of ketones is 1. The van der Waals surface area contributed by atoms with Crippen LogP contribution in [0, 0.1) is 5.82 Å². The molecule has 0 aliphatic rings. The molecule has 0 aliphatic heterocycles. The summed E-state index contributed by atoms with van der Waals surface area (Å²) in [6, 6.07) is 8.61. The molecule has 2 rings (SSSR count). The Morgan fingerprint density at radius 1 is 1.03 bits per heavy atom. The number of carbonyl (C=O) groups excluding carboxylic acids is 2. The van der Waals surface area contributed by atoms with E-state index in [0.717, 1.165) is 18.2 Å². The van der Waals surface area contributed by atoms with Gasteiger partial charge in [0, 0.05) is 5.02 Å². The smallest absolute Gasteiger partial charge is 0.366 e. The zero-order valence-corrected chi connectivity index (χ0v) is 16.3. The molecule has 2 aromatic rings. The number of rotatable bonds is 8. The number of halogens is 3. The number of hydrogen-bond donors (Lipinski definition) is 3. The quantitative estimate of drug-likeness (QED) is 0.241. The van der Waals surface area contributed by atoms with Gasteiger partial charge in [0.2, 0.25) is 5.91 Å². The third-order valence-electron chi connectivity index (χ3n) is 3.69. The fourth-order valence-corrected chi connectivity index (χ4v) is 2.48. The summed E-state index contributed by atoms with van der Waals surface area (Å²) >= 11 is 11.2. The molecule has 0 saturated heterocycles. The largest absolute Gasteiger partial charge is 0.478 e. The van der Waals surface area contributed by atoms with Crippen molar-refractivity contribution in [2.24, 2.45) is 10.2 Å². The summed E-state index contributed by atoms with van der Waals surface area (Å²) in [6.07, 6.45) is 0. The Bertz CT molecular complexity index is 1050. The molecular weight excluding hydrogens is 444 g/mol. The van der Waals surface area contributed by atoms with E-state index in [1.54, 1.807) is 5.32 Å². The van der Waals surface area contributed by atoms with Crippen molar-refractivity contribution in [3.05, 3.63) is 64.4 Å². The number of azo groups is 1. The van der Waals surface area contributed by atoms with Crippen molar-refractivity contribution in [2.45, 2.75) is 5.66 Å². The fraction of sp³-hybridized carbons (Fsp3) is 0.111. The second-order valence-corrected chi connectivity index (χ2v) is 6.38. The Labute approximate surface area is 178 Å². The maximum absolute atomic E-state index is 14.0. The highest BCUT2D eigenvalue weighted by atomic mass is 35.5. The maximum atomic E-state index is 14.0. The van der Waals surface area contributed by atoms with Gasteiger partial charge in [-0.1, -0.05) is 23.7 Å². The molecule has 1 amide bonds. The zero-order valence-electron chi connectivity index (χ0n) is 14.8. The van der Waals surface area contributed by atoms with E-state index in [1.165, 1.54) is 24.3 Å². The van der Waals surface area contributed by atoms with Gasteiger partial charge in [0.15, 0.2) is 5.78 Å². The molecule has 0 spiro atoms. The molecule has 0 saturated carbocycles. The molecule has 0 radical (unpaired) electrons. The number of hydrogen-bond acceptors (Lipinski definition) is 6. The molecule has 9 nitrogen and oxygen atoms in total. The Balaban J connectivity index is 2.58. The number of nitrogens with one attached hydrogen (secondary N) is 1. The molecule has 0 fully saturated rings. The van der Waals surface area contributed by atoms with Crippen LogP contribution in [0.5, 0.6) is 0 Å². The molecule has 0 atom stereocenters. The molecule has 0 unspecified atom stereocenters. The lowest BCUT2D eigenvalue weighted by atomic mass is 10.0. The SMILES string of the molecule is O=C(CCl)NC(N=Nc1ccc(Cl)cc1C(=O)c1ccccc1F)(C(=O)O)C(=O)O. The molecule has 0 aromatic heterocycles. The summed E-state index contributed by atoms with van der Waals surface area (Å²) in [7, 11) is 0. The van der Waals surface area contributed by atoms with Crippen LogP contribution in [0.2, 0.25) is 5.02 Å². The molecule has 156 valence electrons. The lowest BCUT2D eigenvalue weighted by molar-refractivity contribution is -0.160. The highest BCUT2D eigenvalue weighted by Crippen LogP contribution is 2.28. The summed E-state index contributed by atoms with van der Waals surface area (Å²) in [4.78, 5) is 47.3. The van der Waals surface area contributed by atoms with Crippen LogP contribution in [0.4, 0.5) is 10.1 Å². The van der Waals surface area contributed by atoms with E-state index in [-0.39, 0.29) is 21.8 Å². The summed E-state index contributed by atoms with van der Waals surface area (Å²) in [5.41, 5.74) is -4.11. The monoisotopic (exact) mass is 455 g/mol. The summed E-state index contributed by atoms with van der Waals surface area (Å²) in [6.45, 7) is 0. The average molecular weight is 456 g/mol. The van der Waals surface area contributed by atoms with Crippen LogP contribution in [-0.4, -0.2) is 45.4 Å². The minimum absolute atomic E-state index is 0.0758. The van der Waals surface area contributed by atoms with Gasteiger partial charge in [-0.2, -0.15) is 5.11 Å². The highest BCUT2D eigenvalue weighted by molar-refractivity contribution is 6.31. The molecule has 0 bridgehead atoms. The Hall–Kier alpha value is -3.37. The highest BCUT2D eigenvalue weighted by Gasteiger charge is 2.49. The van der Waals surface area contributed by atoms with Crippen molar-refractivity contribution < 1.29 is 33.8 Å². The Morgan fingerprint density at radius 3 is 2.23 bits per heavy atom. The van der Waals surface area contributed by atoms with E-state index in [9.17, 15) is 33.8 Å². The van der Waals surface area contributed by atoms with E-state index in [1.807, 2.05) is 0 Å². The lowest BCUT2D eigenvalue weighted by Crippen LogP contribution is -2.59. The number of carbonyl (C=O) groups is 4. The van der Waals surface area contributed by atoms with Crippen molar-refractivity contribution in [2.75, 3.05) is 5.88 Å². The first-order valence-electron chi connectivity index (χ1n) is 7.98. The molecule has 12 heteroatoms. The number of nitrogens with zero attached hydrogens (tertiary/aromatic N) is 2. The van der Waals surface area contributed by atoms with Gasteiger partial charge < -0.3 is 15.5 Å². The van der Waals surface area contributed by atoms with E-state index in [0.29, 0.717) is 0 Å². The molecule has 0 aliphatic carbocycles. The topological polar surface area (TPSA) is 145 Å². The van der Waals surface area contributed by atoms with Crippen molar-refractivity contribution in [1.82, 2.24) is 5.32 Å². The molecule has 30 heavy (non-hydrogen) atoms. The maximum Gasteiger partial charge on any atom is 0.366 e. The van der Waals surface area contributed by atoms with Gasteiger partial charge in [0.05, 0.1) is 16.8 Å². The normalized spacial score (nSPS) is 11.3. The third-order valence-corrected chi connectivity index (χ3v) is 4.17. The van der Waals surface area contributed by atoms with E-state index >= 15 is 0 Å². The Kier molecular flexibility index (Phi) is 7.19. The molecular formula is C18H12Cl2FN3O6. The van der Waals surface area contributed by atoms with Crippen LogP contribution in [-0.2, 0) is 14.4 Å². The molecule has 2 aromatic carbocycles. The minimum Gasteiger partial charge on any atom is -0.478 e. The first-order valence-corrected chi connectivity index (χ1v) is 8.89. The van der Waals surface area contributed by atoms with Crippen molar-refractivity contribution >= 4 is 52.5 Å². The van der Waals surface area contributed by atoms with Crippen LogP contribution in [0.1, 0.15) is 15.9 Å². The van der Waals surface area contributed by atoms with E-state index in [2.05, 4.69) is 10.2 Å². The van der Waals surface area contributed by atoms with Gasteiger partial charge >= 0.3 is 17.6 Å². The number of benzene rings is 2. The van der Waals surface area contributed by atoms with Crippen LogP contribution in [0.3, 0.4) is 0 Å². The van der Waals surface area contributed by atoms with E-state index < -0.39 is 41.0 Å². The lowest BCUT2D eigenvalue weighted by Gasteiger charge is -2.20. The molecule has 3 N–H and O–H groups in total. The predicted octanol–water partition coefficient (Wildman–Crippen LogP) is 3.01.